The largest absolute Gasteiger partial charge is 0.347 e. The van der Waals surface area contributed by atoms with Crippen LogP contribution in [0, 0.1) is 5.92 Å². The Morgan fingerprint density at radius 2 is 1.91 bits per heavy atom. The van der Waals surface area contributed by atoms with Gasteiger partial charge in [-0.15, -0.1) is 0 Å². The summed E-state index contributed by atoms with van der Waals surface area (Å²) in [4.78, 5) is 35.1. The van der Waals surface area contributed by atoms with E-state index in [0.29, 0.717) is 5.92 Å². The number of hydrogen-bond donors (Lipinski definition) is 2. The molecule has 0 bridgehead atoms. The van der Waals surface area contributed by atoms with Crippen LogP contribution in [0.3, 0.4) is 0 Å². The van der Waals surface area contributed by atoms with Crippen molar-refractivity contribution in [1.82, 2.24) is 15.1 Å². The van der Waals surface area contributed by atoms with Gasteiger partial charge < -0.3 is 5.32 Å². The molecule has 1 heterocycles. The maximum Gasteiger partial charge on any atom is 0.265 e. The number of carbonyl (C=O) groups is 1. The molecule has 1 atom stereocenters. The Kier molecular flexibility index (Phi) is 3.91. The molecule has 3 rings (SSSR count). The summed E-state index contributed by atoms with van der Waals surface area (Å²) in [5.41, 5.74) is 0.249. The molecular formula is C16H17N3O3. The van der Waals surface area contributed by atoms with Crippen LogP contribution in [0.5, 0.6) is 0 Å². The minimum Gasteiger partial charge on any atom is -0.347 e. The highest BCUT2D eigenvalue weighted by Gasteiger charge is 2.33. The van der Waals surface area contributed by atoms with Crippen LogP contribution in [0.4, 0.5) is 0 Å². The fraction of sp³-hybridized carbons (Fsp3) is 0.312. The zero-order valence-electron chi connectivity index (χ0n) is 12.0. The summed E-state index contributed by atoms with van der Waals surface area (Å²) in [7, 11) is 0. The van der Waals surface area contributed by atoms with Gasteiger partial charge in [0.25, 0.3) is 11.1 Å². The number of amides is 1. The van der Waals surface area contributed by atoms with E-state index in [1.807, 2.05) is 30.3 Å². The lowest BCUT2D eigenvalue weighted by molar-refractivity contribution is -0.122. The minimum atomic E-state index is -0.408. The standard InChI is InChI=1S/C16H17N3O3/c20-13-8-9-15(22)19(18-13)10-14(21)17-16(12-6-7-12)11-4-2-1-3-5-11/h1-5,8-9,12,16H,6-7,10H2,(H,17,21)(H,18,20)/t16-/m1/s1. The van der Waals surface area contributed by atoms with Crippen LogP contribution in [0.2, 0.25) is 0 Å². The molecule has 2 aromatic rings. The maximum absolute atomic E-state index is 12.2. The molecule has 0 unspecified atom stereocenters. The van der Waals surface area contributed by atoms with Gasteiger partial charge in [0.15, 0.2) is 0 Å². The third kappa shape index (κ3) is 3.33. The second kappa shape index (κ2) is 6.01. The predicted octanol–water partition coefficient (Wildman–Crippen LogP) is 0.804. The van der Waals surface area contributed by atoms with Gasteiger partial charge in [0.2, 0.25) is 5.91 Å². The summed E-state index contributed by atoms with van der Waals surface area (Å²) in [6, 6.07) is 12.0. The normalized spacial score (nSPS) is 15.3. The third-order valence-electron chi connectivity index (χ3n) is 3.76. The van der Waals surface area contributed by atoms with E-state index in [-0.39, 0.29) is 18.5 Å². The van der Waals surface area contributed by atoms with Gasteiger partial charge in [-0.1, -0.05) is 30.3 Å². The Labute approximate surface area is 126 Å². The molecule has 1 amide bonds. The third-order valence-corrected chi connectivity index (χ3v) is 3.76. The first-order chi connectivity index (χ1) is 10.6. The highest BCUT2D eigenvalue weighted by Crippen LogP contribution is 2.40. The van der Waals surface area contributed by atoms with Gasteiger partial charge in [-0.25, -0.2) is 4.68 Å². The predicted molar refractivity (Wildman–Crippen MR) is 81.4 cm³/mol. The van der Waals surface area contributed by atoms with Gasteiger partial charge in [-0.2, -0.15) is 0 Å². The molecule has 6 nitrogen and oxygen atoms in total. The van der Waals surface area contributed by atoms with Crippen molar-refractivity contribution in [1.29, 1.82) is 0 Å². The Morgan fingerprint density at radius 1 is 1.18 bits per heavy atom. The van der Waals surface area contributed by atoms with Crippen molar-refractivity contribution in [2.45, 2.75) is 25.4 Å². The molecule has 1 fully saturated rings. The fourth-order valence-corrected chi connectivity index (χ4v) is 2.51. The van der Waals surface area contributed by atoms with Crippen LogP contribution < -0.4 is 16.4 Å². The molecule has 0 radical (unpaired) electrons. The first kappa shape index (κ1) is 14.3. The number of carbonyl (C=O) groups excluding carboxylic acids is 1. The monoisotopic (exact) mass is 299 g/mol. The number of aromatic amines is 1. The van der Waals surface area contributed by atoms with Gasteiger partial charge in [0.1, 0.15) is 6.54 Å². The molecule has 1 saturated carbocycles. The second-order valence-corrected chi connectivity index (χ2v) is 5.53. The fourth-order valence-electron chi connectivity index (χ4n) is 2.51. The van der Waals surface area contributed by atoms with Crippen molar-refractivity contribution in [3.8, 4) is 0 Å². The lowest BCUT2D eigenvalue weighted by Gasteiger charge is -2.19. The Morgan fingerprint density at radius 3 is 2.59 bits per heavy atom. The molecule has 0 spiro atoms. The number of H-pyrrole nitrogens is 1. The van der Waals surface area contributed by atoms with Crippen LogP contribution in [-0.4, -0.2) is 15.7 Å². The average Bonchev–Trinajstić information content (AvgIpc) is 3.34. The van der Waals surface area contributed by atoms with E-state index in [4.69, 9.17) is 0 Å². The number of nitrogens with zero attached hydrogens (tertiary/aromatic N) is 1. The van der Waals surface area contributed by atoms with E-state index < -0.39 is 11.1 Å². The van der Waals surface area contributed by atoms with E-state index in [1.165, 1.54) is 0 Å². The van der Waals surface area contributed by atoms with Crippen LogP contribution >= 0.6 is 0 Å². The highest BCUT2D eigenvalue weighted by atomic mass is 16.2. The van der Waals surface area contributed by atoms with Crippen LogP contribution in [-0.2, 0) is 11.3 Å². The summed E-state index contributed by atoms with van der Waals surface area (Å²) in [6.45, 7) is -0.190. The van der Waals surface area contributed by atoms with Crippen molar-refractivity contribution < 1.29 is 4.79 Å². The maximum atomic E-state index is 12.2. The number of benzene rings is 1. The van der Waals surface area contributed by atoms with Gasteiger partial charge in [-0.05, 0) is 24.3 Å². The first-order valence-electron chi connectivity index (χ1n) is 7.28. The molecule has 6 heteroatoms. The zero-order chi connectivity index (χ0) is 15.5. The van der Waals surface area contributed by atoms with Gasteiger partial charge in [-0.3, -0.25) is 19.5 Å². The number of hydrogen-bond acceptors (Lipinski definition) is 3. The molecule has 1 aromatic carbocycles. The van der Waals surface area contributed by atoms with Crippen molar-refractivity contribution in [2.24, 2.45) is 5.92 Å². The summed E-state index contributed by atoms with van der Waals surface area (Å²) >= 11 is 0. The molecular weight excluding hydrogens is 282 g/mol. The van der Waals surface area contributed by atoms with E-state index in [9.17, 15) is 14.4 Å². The molecule has 114 valence electrons. The molecule has 2 N–H and O–H groups in total. The van der Waals surface area contributed by atoms with Crippen LogP contribution in [0.25, 0.3) is 0 Å². The zero-order valence-corrected chi connectivity index (χ0v) is 12.0. The summed E-state index contributed by atoms with van der Waals surface area (Å²) in [5, 5.41) is 5.32. The van der Waals surface area contributed by atoms with E-state index in [1.54, 1.807) is 0 Å². The van der Waals surface area contributed by atoms with E-state index in [2.05, 4.69) is 10.4 Å². The second-order valence-electron chi connectivity index (χ2n) is 5.53. The number of rotatable bonds is 5. The summed E-state index contributed by atoms with van der Waals surface area (Å²) in [5.74, 6) is 0.155. The van der Waals surface area contributed by atoms with Crippen LogP contribution in [0.1, 0.15) is 24.4 Å². The molecule has 1 aliphatic rings. The number of aromatic nitrogens is 2. The van der Waals surface area contributed by atoms with Crippen LogP contribution in [0.15, 0.2) is 52.1 Å². The molecule has 0 aliphatic heterocycles. The first-order valence-corrected chi connectivity index (χ1v) is 7.28. The lowest BCUT2D eigenvalue weighted by Crippen LogP contribution is -2.38. The smallest absolute Gasteiger partial charge is 0.265 e. The van der Waals surface area contributed by atoms with Crippen molar-refractivity contribution >= 4 is 5.91 Å². The molecule has 1 aromatic heterocycles. The summed E-state index contributed by atoms with van der Waals surface area (Å²) < 4.78 is 1.02. The minimum absolute atomic E-state index is 0.0418. The Balaban J connectivity index is 1.73. The van der Waals surface area contributed by atoms with Crippen molar-refractivity contribution in [3.05, 3.63) is 68.7 Å². The van der Waals surface area contributed by atoms with Gasteiger partial charge in [0.05, 0.1) is 6.04 Å². The molecule has 1 aliphatic carbocycles. The lowest BCUT2D eigenvalue weighted by atomic mass is 10.0. The van der Waals surface area contributed by atoms with Gasteiger partial charge in [0, 0.05) is 12.1 Å². The highest BCUT2D eigenvalue weighted by molar-refractivity contribution is 5.76. The Hall–Kier alpha value is -2.63. The quantitative estimate of drug-likeness (QED) is 0.856. The average molecular weight is 299 g/mol. The topological polar surface area (TPSA) is 84.0 Å². The number of nitrogens with one attached hydrogen (secondary N) is 2. The SMILES string of the molecule is O=C(Cn1[nH]c(=O)ccc1=O)N[C@H](c1ccccc1)C1CC1. The summed E-state index contributed by atoms with van der Waals surface area (Å²) in [6.07, 6.45) is 2.17. The van der Waals surface area contributed by atoms with E-state index >= 15 is 0 Å². The van der Waals surface area contributed by atoms with Crippen molar-refractivity contribution in [3.63, 3.8) is 0 Å². The Bertz CT molecular complexity index is 775. The van der Waals surface area contributed by atoms with Crippen molar-refractivity contribution in [2.75, 3.05) is 0 Å². The van der Waals surface area contributed by atoms with Gasteiger partial charge >= 0.3 is 0 Å². The molecule has 22 heavy (non-hydrogen) atoms. The molecule has 0 saturated heterocycles. The van der Waals surface area contributed by atoms with E-state index in [0.717, 1.165) is 35.2 Å².